The van der Waals surface area contributed by atoms with Crippen molar-refractivity contribution in [3.05, 3.63) is 29.8 Å². The number of hydrogen-bond donors (Lipinski definition) is 1. The molecular weight excluding hydrogens is 228 g/mol. The van der Waals surface area contributed by atoms with Crippen molar-refractivity contribution in [2.75, 3.05) is 33.8 Å². The van der Waals surface area contributed by atoms with Gasteiger partial charge in [0.25, 0.3) is 5.91 Å². The fourth-order valence-corrected chi connectivity index (χ4v) is 1.47. The van der Waals surface area contributed by atoms with Crippen LogP contribution in [-0.2, 0) is 11.2 Å². The van der Waals surface area contributed by atoms with E-state index in [0.717, 1.165) is 18.7 Å². The molecule has 1 aromatic carbocycles. The van der Waals surface area contributed by atoms with Crippen molar-refractivity contribution in [3.63, 3.8) is 0 Å². The van der Waals surface area contributed by atoms with E-state index in [0.29, 0.717) is 6.54 Å². The Morgan fingerprint density at radius 3 is 2.83 bits per heavy atom. The molecule has 0 aromatic heterocycles. The van der Waals surface area contributed by atoms with Gasteiger partial charge in [-0.1, -0.05) is 19.1 Å². The van der Waals surface area contributed by atoms with Crippen molar-refractivity contribution in [1.82, 2.24) is 10.2 Å². The molecule has 1 rings (SSSR count). The summed E-state index contributed by atoms with van der Waals surface area (Å²) in [5.74, 6) is 0.663. The molecule has 0 saturated carbocycles. The third-order valence-corrected chi connectivity index (χ3v) is 2.56. The van der Waals surface area contributed by atoms with Crippen LogP contribution in [0.1, 0.15) is 12.5 Å². The van der Waals surface area contributed by atoms with E-state index in [4.69, 9.17) is 4.74 Å². The maximum absolute atomic E-state index is 11.5. The zero-order valence-electron chi connectivity index (χ0n) is 11.4. The highest BCUT2D eigenvalue weighted by Gasteiger charge is 2.02. The third kappa shape index (κ3) is 5.68. The fraction of sp³-hybridized carbons (Fsp3) is 0.500. The molecule has 1 aromatic rings. The van der Waals surface area contributed by atoms with Crippen LogP contribution in [0.25, 0.3) is 0 Å². The maximum atomic E-state index is 11.5. The summed E-state index contributed by atoms with van der Waals surface area (Å²) < 4.78 is 5.44. The summed E-state index contributed by atoms with van der Waals surface area (Å²) in [5.41, 5.74) is 1.21. The van der Waals surface area contributed by atoms with E-state index in [1.807, 2.05) is 43.3 Å². The first-order valence-corrected chi connectivity index (χ1v) is 6.25. The van der Waals surface area contributed by atoms with Crippen molar-refractivity contribution in [3.8, 4) is 5.75 Å². The number of amides is 1. The van der Waals surface area contributed by atoms with E-state index in [9.17, 15) is 4.79 Å². The van der Waals surface area contributed by atoms with Crippen LogP contribution in [0, 0.1) is 0 Å². The molecule has 0 spiro atoms. The smallest absolute Gasteiger partial charge is 0.257 e. The van der Waals surface area contributed by atoms with Crippen LogP contribution in [0.4, 0.5) is 0 Å². The van der Waals surface area contributed by atoms with Gasteiger partial charge >= 0.3 is 0 Å². The lowest BCUT2D eigenvalue weighted by atomic mass is 10.2. The first kappa shape index (κ1) is 14.5. The molecule has 4 heteroatoms. The molecule has 4 nitrogen and oxygen atoms in total. The number of nitrogens with one attached hydrogen (secondary N) is 1. The second-order valence-electron chi connectivity index (χ2n) is 4.44. The second kappa shape index (κ2) is 7.71. The van der Waals surface area contributed by atoms with Gasteiger partial charge in [0.2, 0.25) is 0 Å². The van der Waals surface area contributed by atoms with E-state index in [1.165, 1.54) is 5.56 Å². The Kier molecular flexibility index (Phi) is 6.22. The summed E-state index contributed by atoms with van der Waals surface area (Å²) in [6.07, 6.45) is 0.965. The Morgan fingerprint density at radius 1 is 1.39 bits per heavy atom. The SMILES string of the molecule is CCc1cccc(OCC(=O)NCCN(C)C)c1. The molecule has 0 radical (unpaired) electrons. The number of hydrogen-bond acceptors (Lipinski definition) is 3. The Morgan fingerprint density at radius 2 is 2.17 bits per heavy atom. The van der Waals surface area contributed by atoms with Crippen LogP contribution in [0.2, 0.25) is 0 Å². The number of aryl methyl sites for hydroxylation is 1. The fourth-order valence-electron chi connectivity index (χ4n) is 1.47. The Hall–Kier alpha value is -1.55. The molecule has 0 aliphatic carbocycles. The number of likely N-dealkylation sites (N-methyl/N-ethyl adjacent to an activating group) is 1. The van der Waals surface area contributed by atoms with Crippen LogP contribution < -0.4 is 10.1 Å². The zero-order valence-corrected chi connectivity index (χ0v) is 11.4. The van der Waals surface area contributed by atoms with Crippen LogP contribution in [0.15, 0.2) is 24.3 Å². The minimum Gasteiger partial charge on any atom is -0.484 e. The molecule has 1 amide bonds. The second-order valence-corrected chi connectivity index (χ2v) is 4.44. The predicted molar refractivity (Wildman–Crippen MR) is 72.9 cm³/mol. The molecular formula is C14H22N2O2. The molecule has 0 bridgehead atoms. The van der Waals surface area contributed by atoms with Crippen molar-refractivity contribution >= 4 is 5.91 Å². The van der Waals surface area contributed by atoms with Gasteiger partial charge in [0.1, 0.15) is 5.75 Å². The van der Waals surface area contributed by atoms with E-state index < -0.39 is 0 Å². The van der Waals surface area contributed by atoms with Crippen molar-refractivity contribution in [2.24, 2.45) is 0 Å². The molecule has 0 unspecified atom stereocenters. The molecule has 0 aliphatic rings. The first-order valence-electron chi connectivity index (χ1n) is 6.25. The van der Waals surface area contributed by atoms with E-state index in [1.54, 1.807) is 0 Å². The Labute approximate surface area is 109 Å². The number of nitrogens with zero attached hydrogens (tertiary/aromatic N) is 1. The topological polar surface area (TPSA) is 41.6 Å². The van der Waals surface area contributed by atoms with Gasteiger partial charge in [-0.2, -0.15) is 0 Å². The van der Waals surface area contributed by atoms with Gasteiger partial charge in [-0.15, -0.1) is 0 Å². The lowest BCUT2D eigenvalue weighted by Crippen LogP contribution is -2.34. The van der Waals surface area contributed by atoms with Crippen LogP contribution >= 0.6 is 0 Å². The Balaban J connectivity index is 2.29. The van der Waals surface area contributed by atoms with Gasteiger partial charge in [0.05, 0.1) is 0 Å². The largest absolute Gasteiger partial charge is 0.484 e. The zero-order chi connectivity index (χ0) is 13.4. The van der Waals surface area contributed by atoms with Crippen LogP contribution in [-0.4, -0.2) is 44.6 Å². The van der Waals surface area contributed by atoms with Crippen LogP contribution in [0.5, 0.6) is 5.75 Å². The van der Waals surface area contributed by atoms with Gasteiger partial charge < -0.3 is 15.0 Å². The quantitative estimate of drug-likeness (QED) is 0.793. The normalized spacial score (nSPS) is 10.4. The maximum Gasteiger partial charge on any atom is 0.257 e. The van der Waals surface area contributed by atoms with Crippen molar-refractivity contribution in [1.29, 1.82) is 0 Å². The molecule has 100 valence electrons. The predicted octanol–water partition coefficient (Wildman–Crippen LogP) is 1.31. The lowest BCUT2D eigenvalue weighted by molar-refractivity contribution is -0.123. The summed E-state index contributed by atoms with van der Waals surface area (Å²) >= 11 is 0. The highest BCUT2D eigenvalue weighted by molar-refractivity contribution is 5.77. The van der Waals surface area contributed by atoms with Gasteiger partial charge in [-0.3, -0.25) is 4.79 Å². The standard InChI is InChI=1S/C14H22N2O2/c1-4-12-6-5-7-13(10-12)18-11-14(17)15-8-9-16(2)3/h5-7,10H,4,8-9,11H2,1-3H3,(H,15,17). The summed E-state index contributed by atoms with van der Waals surface area (Å²) in [6.45, 7) is 3.63. The summed E-state index contributed by atoms with van der Waals surface area (Å²) in [4.78, 5) is 13.5. The highest BCUT2D eigenvalue weighted by atomic mass is 16.5. The number of benzene rings is 1. The number of carbonyl (C=O) groups excluding carboxylic acids is 1. The molecule has 0 fully saturated rings. The van der Waals surface area contributed by atoms with Gasteiger partial charge in [0, 0.05) is 13.1 Å². The number of carbonyl (C=O) groups is 1. The van der Waals surface area contributed by atoms with Crippen LogP contribution in [0.3, 0.4) is 0 Å². The van der Waals surface area contributed by atoms with Gasteiger partial charge in [0.15, 0.2) is 6.61 Å². The summed E-state index contributed by atoms with van der Waals surface area (Å²) in [6, 6.07) is 7.82. The summed E-state index contributed by atoms with van der Waals surface area (Å²) in [5, 5.41) is 2.81. The molecule has 1 N–H and O–H groups in total. The minimum absolute atomic E-state index is 0.0700. The summed E-state index contributed by atoms with van der Waals surface area (Å²) in [7, 11) is 3.94. The van der Waals surface area contributed by atoms with E-state index >= 15 is 0 Å². The molecule has 0 saturated heterocycles. The lowest BCUT2D eigenvalue weighted by Gasteiger charge is -2.11. The monoisotopic (exact) mass is 250 g/mol. The van der Waals surface area contributed by atoms with Gasteiger partial charge in [-0.25, -0.2) is 0 Å². The van der Waals surface area contributed by atoms with Crippen molar-refractivity contribution in [2.45, 2.75) is 13.3 Å². The molecule has 18 heavy (non-hydrogen) atoms. The minimum atomic E-state index is -0.0845. The first-order chi connectivity index (χ1) is 8.61. The Bertz CT molecular complexity index is 378. The van der Waals surface area contributed by atoms with E-state index in [2.05, 4.69) is 12.2 Å². The molecule has 0 atom stereocenters. The third-order valence-electron chi connectivity index (χ3n) is 2.56. The average molecular weight is 250 g/mol. The van der Waals surface area contributed by atoms with Crippen molar-refractivity contribution < 1.29 is 9.53 Å². The molecule has 0 heterocycles. The van der Waals surface area contributed by atoms with Gasteiger partial charge in [-0.05, 0) is 38.2 Å². The highest BCUT2D eigenvalue weighted by Crippen LogP contribution is 2.13. The average Bonchev–Trinajstić information content (AvgIpc) is 2.36. The molecule has 0 aliphatic heterocycles. The number of rotatable bonds is 7. The number of ether oxygens (including phenoxy) is 1. The van der Waals surface area contributed by atoms with E-state index in [-0.39, 0.29) is 12.5 Å².